The Balaban J connectivity index is 1.75. The van der Waals surface area contributed by atoms with E-state index < -0.39 is 28.0 Å². The normalized spacial score (nSPS) is 11.5. The molecule has 0 aliphatic carbocycles. The molecule has 3 aromatic rings. The van der Waals surface area contributed by atoms with Crippen molar-refractivity contribution in [2.45, 2.75) is 11.8 Å². The summed E-state index contributed by atoms with van der Waals surface area (Å²) < 4.78 is 27.5. The molecule has 0 aliphatic heterocycles. The number of aryl methyl sites for hydroxylation is 1. The lowest BCUT2D eigenvalue weighted by atomic mass is 10.3. The van der Waals surface area contributed by atoms with Gasteiger partial charge in [-0.15, -0.1) is 0 Å². The highest BCUT2D eigenvalue weighted by Gasteiger charge is 2.23. The van der Waals surface area contributed by atoms with Crippen molar-refractivity contribution in [2.24, 2.45) is 0 Å². The Bertz CT molecular complexity index is 1280. The molecule has 3 rings (SSSR count). The fourth-order valence-electron chi connectivity index (χ4n) is 2.55. The average Bonchev–Trinajstić information content (AvgIpc) is 2.74. The predicted molar refractivity (Wildman–Crippen MR) is 117 cm³/mol. The maximum absolute atomic E-state index is 12.8. The van der Waals surface area contributed by atoms with Gasteiger partial charge in [-0.2, -0.15) is 14.1 Å². The highest BCUT2D eigenvalue weighted by atomic mass is 35.5. The lowest BCUT2D eigenvalue weighted by molar-refractivity contribution is -0.116. The molecule has 1 amide bonds. The molecule has 0 radical (unpaired) electrons. The van der Waals surface area contributed by atoms with Crippen LogP contribution in [0, 0.1) is 6.92 Å². The zero-order valence-electron chi connectivity index (χ0n) is 16.4. The van der Waals surface area contributed by atoms with Crippen molar-refractivity contribution < 1.29 is 13.2 Å². The van der Waals surface area contributed by atoms with E-state index in [1.165, 1.54) is 37.5 Å². The molecular weight excluding hydrogens is 465 g/mol. The quantitative estimate of drug-likeness (QED) is 0.578. The standard InChI is InChI=1S/C19H17Cl2N5O4S/c1-12-3-8-16(22-9-12)24-17(27)11-25(2)31(29,30)14-6-4-13(5-7-14)26-19(28)18(21)15(20)10-23-26/h3-10H,11H2,1-2H3,(H,22,24,27). The minimum absolute atomic E-state index is 0.0165. The summed E-state index contributed by atoms with van der Waals surface area (Å²) in [5, 5.41) is 6.26. The highest BCUT2D eigenvalue weighted by Crippen LogP contribution is 2.19. The van der Waals surface area contributed by atoms with Crippen molar-refractivity contribution in [2.75, 3.05) is 18.9 Å². The van der Waals surface area contributed by atoms with Crippen LogP contribution in [0.5, 0.6) is 0 Å². The molecule has 1 N–H and O–H groups in total. The van der Waals surface area contributed by atoms with Gasteiger partial charge in [0.2, 0.25) is 15.9 Å². The number of carbonyl (C=O) groups excluding carboxylic acids is 1. The summed E-state index contributed by atoms with van der Waals surface area (Å²) >= 11 is 11.6. The number of nitrogens with one attached hydrogen (secondary N) is 1. The number of amides is 1. The van der Waals surface area contributed by atoms with Gasteiger partial charge in [0.15, 0.2) is 0 Å². The Kier molecular flexibility index (Phi) is 6.75. The van der Waals surface area contributed by atoms with Crippen molar-refractivity contribution in [3.63, 3.8) is 0 Å². The van der Waals surface area contributed by atoms with Gasteiger partial charge in [0.05, 0.1) is 28.3 Å². The Hall–Kier alpha value is -2.79. The topological polar surface area (TPSA) is 114 Å². The summed E-state index contributed by atoms with van der Waals surface area (Å²) in [6.45, 7) is 1.45. The summed E-state index contributed by atoms with van der Waals surface area (Å²) in [5.74, 6) is -0.212. The van der Waals surface area contributed by atoms with E-state index in [1.54, 1.807) is 18.3 Å². The zero-order chi connectivity index (χ0) is 22.8. The number of benzene rings is 1. The van der Waals surface area contributed by atoms with Crippen LogP contribution < -0.4 is 10.9 Å². The van der Waals surface area contributed by atoms with Crippen LogP contribution in [0.4, 0.5) is 5.82 Å². The average molecular weight is 482 g/mol. The Morgan fingerprint density at radius 2 is 1.81 bits per heavy atom. The molecule has 0 fully saturated rings. The van der Waals surface area contributed by atoms with Crippen LogP contribution in [-0.4, -0.2) is 47.0 Å². The van der Waals surface area contributed by atoms with E-state index >= 15 is 0 Å². The first-order valence-electron chi connectivity index (χ1n) is 8.82. The Morgan fingerprint density at radius 1 is 1.13 bits per heavy atom. The Morgan fingerprint density at radius 3 is 2.42 bits per heavy atom. The first-order chi connectivity index (χ1) is 14.6. The molecule has 2 aromatic heterocycles. The zero-order valence-corrected chi connectivity index (χ0v) is 18.7. The van der Waals surface area contributed by atoms with Gasteiger partial charge < -0.3 is 5.32 Å². The fraction of sp³-hybridized carbons (Fsp3) is 0.158. The molecule has 9 nitrogen and oxygen atoms in total. The molecule has 162 valence electrons. The number of carbonyl (C=O) groups is 1. The smallest absolute Gasteiger partial charge is 0.291 e. The number of sulfonamides is 1. The third-order valence-electron chi connectivity index (χ3n) is 4.21. The summed E-state index contributed by atoms with van der Waals surface area (Å²) in [6.07, 6.45) is 2.80. The molecule has 0 aliphatic rings. The fourth-order valence-corrected chi connectivity index (χ4v) is 3.93. The number of aromatic nitrogens is 3. The molecular formula is C19H17Cl2N5O4S. The summed E-state index contributed by atoms with van der Waals surface area (Å²) in [5.41, 5.74) is 0.594. The van der Waals surface area contributed by atoms with E-state index in [-0.39, 0.29) is 14.9 Å². The lowest BCUT2D eigenvalue weighted by Gasteiger charge is -2.17. The molecule has 12 heteroatoms. The first kappa shape index (κ1) is 22.9. The van der Waals surface area contributed by atoms with Crippen LogP contribution in [0.25, 0.3) is 5.69 Å². The lowest BCUT2D eigenvalue weighted by Crippen LogP contribution is -2.35. The van der Waals surface area contributed by atoms with E-state index in [9.17, 15) is 18.0 Å². The van der Waals surface area contributed by atoms with Gasteiger partial charge in [0.25, 0.3) is 5.56 Å². The molecule has 0 spiro atoms. The third-order valence-corrected chi connectivity index (χ3v) is 6.78. The van der Waals surface area contributed by atoms with Gasteiger partial charge in [-0.1, -0.05) is 29.3 Å². The van der Waals surface area contributed by atoms with E-state index in [0.29, 0.717) is 11.5 Å². The first-order valence-corrected chi connectivity index (χ1v) is 11.0. The van der Waals surface area contributed by atoms with Crippen LogP contribution in [0.15, 0.2) is 58.5 Å². The third kappa shape index (κ3) is 5.10. The van der Waals surface area contributed by atoms with E-state index in [0.717, 1.165) is 14.6 Å². The second-order valence-corrected chi connectivity index (χ2v) is 9.38. The number of hydrogen-bond acceptors (Lipinski definition) is 6. The minimum Gasteiger partial charge on any atom is -0.310 e. The maximum Gasteiger partial charge on any atom is 0.291 e. The largest absolute Gasteiger partial charge is 0.310 e. The van der Waals surface area contributed by atoms with Gasteiger partial charge in [-0.05, 0) is 42.8 Å². The van der Waals surface area contributed by atoms with Crippen LogP contribution in [0.3, 0.4) is 0 Å². The number of halogens is 2. The second-order valence-electron chi connectivity index (χ2n) is 6.55. The summed E-state index contributed by atoms with van der Waals surface area (Å²) in [6, 6.07) is 8.80. The van der Waals surface area contributed by atoms with Gasteiger partial charge in [-0.3, -0.25) is 9.59 Å². The molecule has 31 heavy (non-hydrogen) atoms. The number of rotatable bonds is 6. The van der Waals surface area contributed by atoms with E-state index in [1.807, 2.05) is 6.92 Å². The number of nitrogens with zero attached hydrogens (tertiary/aromatic N) is 4. The van der Waals surface area contributed by atoms with E-state index in [4.69, 9.17) is 23.2 Å². The molecule has 2 heterocycles. The van der Waals surface area contributed by atoms with Crippen molar-refractivity contribution in [1.82, 2.24) is 19.1 Å². The number of pyridine rings is 1. The predicted octanol–water partition coefficient (Wildman–Crippen LogP) is 2.50. The highest BCUT2D eigenvalue weighted by molar-refractivity contribution is 7.89. The summed E-state index contributed by atoms with van der Waals surface area (Å²) in [7, 11) is -2.67. The van der Waals surface area contributed by atoms with Crippen molar-refractivity contribution in [3.8, 4) is 5.69 Å². The van der Waals surface area contributed by atoms with Crippen LogP contribution in [0.2, 0.25) is 10.0 Å². The van der Waals surface area contributed by atoms with Crippen LogP contribution in [0.1, 0.15) is 5.56 Å². The van der Waals surface area contributed by atoms with Gasteiger partial charge in [0, 0.05) is 13.2 Å². The molecule has 0 atom stereocenters. The molecule has 0 saturated carbocycles. The molecule has 0 bridgehead atoms. The molecule has 1 aromatic carbocycles. The van der Waals surface area contributed by atoms with Crippen LogP contribution >= 0.6 is 23.2 Å². The van der Waals surface area contributed by atoms with Crippen molar-refractivity contribution >= 4 is 45.0 Å². The number of anilines is 1. The number of likely N-dealkylation sites (N-methyl/N-ethyl adjacent to an activating group) is 1. The Labute approximate surface area is 188 Å². The van der Waals surface area contributed by atoms with Gasteiger partial charge in [-0.25, -0.2) is 13.4 Å². The maximum atomic E-state index is 12.8. The second kappa shape index (κ2) is 9.15. The van der Waals surface area contributed by atoms with Crippen LogP contribution in [-0.2, 0) is 14.8 Å². The van der Waals surface area contributed by atoms with Crippen molar-refractivity contribution in [1.29, 1.82) is 0 Å². The van der Waals surface area contributed by atoms with Gasteiger partial charge in [0.1, 0.15) is 10.8 Å². The monoisotopic (exact) mass is 481 g/mol. The molecule has 0 unspecified atom stereocenters. The molecule has 0 saturated heterocycles. The summed E-state index contributed by atoms with van der Waals surface area (Å²) in [4.78, 5) is 28.4. The van der Waals surface area contributed by atoms with Crippen molar-refractivity contribution in [3.05, 3.63) is 74.8 Å². The van der Waals surface area contributed by atoms with Gasteiger partial charge >= 0.3 is 0 Å². The number of hydrogen-bond donors (Lipinski definition) is 1. The minimum atomic E-state index is -3.96. The van der Waals surface area contributed by atoms with E-state index in [2.05, 4.69) is 15.4 Å². The SMILES string of the molecule is Cc1ccc(NC(=O)CN(C)S(=O)(=O)c2ccc(-n3ncc(Cl)c(Cl)c3=O)cc2)nc1.